The molecular weight excluding hydrogens is 347 g/mol. The fraction of sp³-hybridized carbons (Fsp3) is 0.556. The molecule has 2 N–H and O–H groups in total. The minimum atomic E-state index is -0.512. The van der Waals surface area contributed by atoms with Crippen LogP contribution in [0.3, 0.4) is 0 Å². The Labute approximate surface area is 154 Å². The van der Waals surface area contributed by atoms with Gasteiger partial charge in [-0.25, -0.2) is 4.39 Å². The standard InChI is InChI=1S/C18H25FN2O3.ClH/c1-3-24-17(22)11-16(13-4-6-15(19)7-5-13)21-18(23)14-8-9-20-12(2)10-14;/h4-7,12,14,16,20H,3,8-11H2,1-2H3,(H,21,23);1H/t12-,14-,16?;/m0./s1. The van der Waals surface area contributed by atoms with Crippen molar-refractivity contribution in [1.82, 2.24) is 10.6 Å². The summed E-state index contributed by atoms with van der Waals surface area (Å²) < 4.78 is 18.1. The normalized spacial score (nSPS) is 20.9. The summed E-state index contributed by atoms with van der Waals surface area (Å²) in [6, 6.07) is 5.61. The van der Waals surface area contributed by atoms with E-state index in [2.05, 4.69) is 17.6 Å². The molecule has 5 nitrogen and oxygen atoms in total. The van der Waals surface area contributed by atoms with E-state index in [0.29, 0.717) is 11.6 Å². The Morgan fingerprint density at radius 3 is 2.64 bits per heavy atom. The summed E-state index contributed by atoms with van der Waals surface area (Å²) in [5.41, 5.74) is 0.694. The second-order valence-corrected chi connectivity index (χ2v) is 6.20. The van der Waals surface area contributed by atoms with Crippen molar-refractivity contribution in [2.24, 2.45) is 5.92 Å². The van der Waals surface area contributed by atoms with E-state index in [-0.39, 0.29) is 49.0 Å². The number of carbonyl (C=O) groups is 2. The van der Waals surface area contributed by atoms with E-state index in [9.17, 15) is 14.0 Å². The number of benzene rings is 1. The van der Waals surface area contributed by atoms with Gasteiger partial charge in [0.05, 0.1) is 19.1 Å². The van der Waals surface area contributed by atoms with Crippen LogP contribution in [0, 0.1) is 11.7 Å². The SMILES string of the molecule is CCOC(=O)CC(NC(=O)[C@H]1CCN[C@@H](C)C1)c1ccc(F)cc1.Cl. The van der Waals surface area contributed by atoms with Crippen LogP contribution in [0.15, 0.2) is 24.3 Å². The average molecular weight is 373 g/mol. The highest BCUT2D eigenvalue weighted by molar-refractivity contribution is 5.85. The quantitative estimate of drug-likeness (QED) is 0.753. The van der Waals surface area contributed by atoms with E-state index in [1.807, 2.05) is 0 Å². The Hall–Kier alpha value is -1.66. The largest absolute Gasteiger partial charge is 0.466 e. The molecule has 7 heteroatoms. The summed E-state index contributed by atoms with van der Waals surface area (Å²) in [6.45, 7) is 4.88. The molecule has 1 aromatic carbocycles. The van der Waals surface area contributed by atoms with E-state index in [1.54, 1.807) is 19.1 Å². The Bertz CT molecular complexity index is 568. The summed E-state index contributed by atoms with van der Waals surface area (Å²) >= 11 is 0. The van der Waals surface area contributed by atoms with Crippen LogP contribution in [-0.4, -0.2) is 31.1 Å². The number of piperidine rings is 1. The third kappa shape index (κ3) is 6.63. The molecule has 140 valence electrons. The molecule has 2 rings (SSSR count). The lowest BCUT2D eigenvalue weighted by molar-refractivity contribution is -0.144. The molecule has 0 aromatic heterocycles. The highest BCUT2D eigenvalue weighted by Gasteiger charge is 2.27. The molecule has 1 saturated heterocycles. The monoisotopic (exact) mass is 372 g/mol. The second kappa shape index (κ2) is 10.4. The number of rotatable bonds is 6. The van der Waals surface area contributed by atoms with Gasteiger partial charge in [-0.05, 0) is 50.9 Å². The van der Waals surface area contributed by atoms with Gasteiger partial charge < -0.3 is 15.4 Å². The van der Waals surface area contributed by atoms with Gasteiger partial charge in [-0.15, -0.1) is 12.4 Å². The molecule has 25 heavy (non-hydrogen) atoms. The number of esters is 1. The molecule has 1 aromatic rings. The molecule has 1 fully saturated rings. The van der Waals surface area contributed by atoms with E-state index >= 15 is 0 Å². The molecule has 3 atom stereocenters. The minimum Gasteiger partial charge on any atom is -0.466 e. The van der Waals surface area contributed by atoms with Gasteiger partial charge in [0.25, 0.3) is 0 Å². The van der Waals surface area contributed by atoms with Crippen LogP contribution < -0.4 is 10.6 Å². The Balaban J connectivity index is 0.00000312. The van der Waals surface area contributed by atoms with Gasteiger partial charge in [0.1, 0.15) is 5.82 Å². The van der Waals surface area contributed by atoms with Crippen molar-refractivity contribution in [1.29, 1.82) is 0 Å². The molecule has 0 spiro atoms. The zero-order valence-corrected chi connectivity index (χ0v) is 15.4. The van der Waals surface area contributed by atoms with Crippen molar-refractivity contribution in [2.45, 2.75) is 45.2 Å². The second-order valence-electron chi connectivity index (χ2n) is 6.20. The number of nitrogens with one attached hydrogen (secondary N) is 2. The van der Waals surface area contributed by atoms with Gasteiger partial charge >= 0.3 is 5.97 Å². The molecule has 0 aliphatic carbocycles. The smallest absolute Gasteiger partial charge is 0.308 e. The maximum absolute atomic E-state index is 13.1. The van der Waals surface area contributed by atoms with Crippen LogP contribution in [0.1, 0.15) is 44.7 Å². The van der Waals surface area contributed by atoms with E-state index in [4.69, 9.17) is 4.74 Å². The summed E-state index contributed by atoms with van der Waals surface area (Å²) in [7, 11) is 0. The molecular formula is C18H26ClFN2O3. The van der Waals surface area contributed by atoms with E-state index in [1.165, 1.54) is 12.1 Å². The Kier molecular flexibility index (Phi) is 8.86. The zero-order chi connectivity index (χ0) is 17.5. The van der Waals surface area contributed by atoms with Crippen molar-refractivity contribution in [2.75, 3.05) is 13.2 Å². The molecule has 0 radical (unpaired) electrons. The molecule has 0 saturated carbocycles. The minimum absolute atomic E-state index is 0. The summed E-state index contributed by atoms with van der Waals surface area (Å²) in [5, 5.41) is 6.25. The number of carbonyl (C=O) groups excluding carboxylic acids is 2. The molecule has 1 amide bonds. The number of hydrogen-bond acceptors (Lipinski definition) is 4. The lowest BCUT2D eigenvalue weighted by atomic mass is 9.91. The first-order valence-corrected chi connectivity index (χ1v) is 8.44. The van der Waals surface area contributed by atoms with E-state index < -0.39 is 6.04 Å². The van der Waals surface area contributed by atoms with Gasteiger partial charge in [0, 0.05) is 12.0 Å². The fourth-order valence-electron chi connectivity index (χ4n) is 2.99. The van der Waals surface area contributed by atoms with Crippen LogP contribution in [0.2, 0.25) is 0 Å². The molecule has 1 unspecified atom stereocenters. The van der Waals surface area contributed by atoms with Gasteiger partial charge in [0.15, 0.2) is 0 Å². The number of hydrogen-bond donors (Lipinski definition) is 2. The van der Waals surface area contributed by atoms with Crippen molar-refractivity contribution in [3.8, 4) is 0 Å². The van der Waals surface area contributed by atoms with Crippen molar-refractivity contribution in [3.05, 3.63) is 35.6 Å². The van der Waals surface area contributed by atoms with Gasteiger partial charge in [-0.1, -0.05) is 12.1 Å². The van der Waals surface area contributed by atoms with Crippen LogP contribution in [0.25, 0.3) is 0 Å². The number of ether oxygens (including phenoxy) is 1. The first kappa shape index (κ1) is 21.4. The molecule has 0 bridgehead atoms. The third-order valence-electron chi connectivity index (χ3n) is 4.26. The number of halogens is 2. The van der Waals surface area contributed by atoms with Crippen LogP contribution in [0.5, 0.6) is 0 Å². The molecule has 1 aliphatic rings. The van der Waals surface area contributed by atoms with Crippen LogP contribution >= 0.6 is 12.4 Å². The van der Waals surface area contributed by atoms with Gasteiger partial charge in [-0.2, -0.15) is 0 Å². The maximum Gasteiger partial charge on any atom is 0.308 e. The van der Waals surface area contributed by atoms with E-state index in [0.717, 1.165) is 19.4 Å². The maximum atomic E-state index is 13.1. The van der Waals surface area contributed by atoms with Crippen molar-refractivity contribution in [3.63, 3.8) is 0 Å². The Morgan fingerprint density at radius 1 is 1.36 bits per heavy atom. The lowest BCUT2D eigenvalue weighted by Gasteiger charge is -2.29. The predicted molar refractivity (Wildman–Crippen MR) is 96.0 cm³/mol. The predicted octanol–water partition coefficient (Wildman–Crippen LogP) is 2.75. The Morgan fingerprint density at radius 2 is 2.04 bits per heavy atom. The topological polar surface area (TPSA) is 67.4 Å². The summed E-state index contributed by atoms with van der Waals surface area (Å²) in [5.74, 6) is -0.883. The van der Waals surface area contributed by atoms with Crippen molar-refractivity contribution >= 4 is 24.3 Å². The van der Waals surface area contributed by atoms with Crippen LogP contribution in [-0.2, 0) is 14.3 Å². The van der Waals surface area contributed by atoms with Crippen molar-refractivity contribution < 1.29 is 18.7 Å². The van der Waals surface area contributed by atoms with Crippen LogP contribution in [0.4, 0.5) is 4.39 Å². The zero-order valence-electron chi connectivity index (χ0n) is 14.6. The highest BCUT2D eigenvalue weighted by atomic mass is 35.5. The number of amides is 1. The summed E-state index contributed by atoms with van der Waals surface area (Å²) in [6.07, 6.45) is 1.57. The first-order chi connectivity index (χ1) is 11.5. The third-order valence-corrected chi connectivity index (χ3v) is 4.26. The van der Waals surface area contributed by atoms with Gasteiger partial charge in [-0.3, -0.25) is 9.59 Å². The lowest BCUT2D eigenvalue weighted by Crippen LogP contribution is -2.43. The average Bonchev–Trinajstić information content (AvgIpc) is 2.55. The molecule has 1 heterocycles. The fourth-order valence-corrected chi connectivity index (χ4v) is 2.99. The summed E-state index contributed by atoms with van der Waals surface area (Å²) in [4.78, 5) is 24.4. The first-order valence-electron chi connectivity index (χ1n) is 8.44. The molecule has 1 aliphatic heterocycles. The highest BCUT2D eigenvalue weighted by Crippen LogP contribution is 2.22. The van der Waals surface area contributed by atoms with Gasteiger partial charge in [0.2, 0.25) is 5.91 Å².